The molecule has 0 aromatic carbocycles. The molecule has 1 atom stereocenters. The van der Waals surface area contributed by atoms with Gasteiger partial charge in [0.15, 0.2) is 0 Å². The maximum Gasteiger partial charge on any atom is 0.244 e. The van der Waals surface area contributed by atoms with Gasteiger partial charge in [-0.1, -0.05) is 57.3 Å². The van der Waals surface area contributed by atoms with Gasteiger partial charge >= 0.3 is 0 Å². The molecule has 98 valence electrons. The summed E-state index contributed by atoms with van der Waals surface area (Å²) in [6.45, 7) is 4.83. The Kier molecular flexibility index (Phi) is 11.7. The van der Waals surface area contributed by atoms with E-state index in [0.717, 1.165) is 18.6 Å². The molecule has 0 heterocycles. The summed E-state index contributed by atoms with van der Waals surface area (Å²) in [6, 6.07) is 0. The molecule has 1 N–H and O–H groups in total. The molecule has 0 fully saturated rings. The predicted molar refractivity (Wildman–Crippen MR) is 78.6 cm³/mol. The van der Waals surface area contributed by atoms with E-state index in [4.69, 9.17) is 16.3 Å². The minimum atomic E-state index is -2.52. The second kappa shape index (κ2) is 11.0. The fraction of sp³-hybridized carbons (Fsp3) is 1.00. The summed E-state index contributed by atoms with van der Waals surface area (Å²) >= 11 is 6.48. The highest BCUT2D eigenvalue weighted by Gasteiger charge is 2.13. The Bertz CT molecular complexity index is 200. The Balaban J connectivity index is 3.32. The summed E-state index contributed by atoms with van der Waals surface area (Å²) in [7, 11) is 0. The summed E-state index contributed by atoms with van der Waals surface area (Å²) in [5.41, 5.74) is -2.52. The monoisotopic (exact) mass is 284 g/mol. The zero-order valence-electron chi connectivity index (χ0n) is 10.5. The molecule has 2 nitrogen and oxygen atoms in total. The van der Waals surface area contributed by atoms with Crippen molar-refractivity contribution in [3.63, 3.8) is 0 Å². The fourth-order valence-corrected chi connectivity index (χ4v) is 4.78. The van der Waals surface area contributed by atoms with Gasteiger partial charge in [0.2, 0.25) is 5.69 Å². The molecule has 0 aliphatic heterocycles. The van der Waals surface area contributed by atoms with Crippen molar-refractivity contribution >= 4 is 28.9 Å². The van der Waals surface area contributed by atoms with Crippen LogP contribution in [0.3, 0.4) is 0 Å². The van der Waals surface area contributed by atoms with Crippen molar-refractivity contribution in [2.45, 2.75) is 58.8 Å². The first kappa shape index (κ1) is 16.9. The Hall–Kier alpha value is 0.920. The van der Waals surface area contributed by atoms with Crippen molar-refractivity contribution < 1.29 is 9.42 Å². The van der Waals surface area contributed by atoms with Gasteiger partial charge in [-0.15, -0.1) is 0 Å². The summed E-state index contributed by atoms with van der Waals surface area (Å²) in [5, 5.41) is 0. The third-order valence-corrected chi connectivity index (χ3v) is 6.63. The van der Waals surface area contributed by atoms with Gasteiger partial charge < -0.3 is 9.42 Å². The topological polar surface area (TPSA) is 29.5 Å². The van der Waals surface area contributed by atoms with Gasteiger partial charge in [-0.3, -0.25) is 0 Å². The van der Waals surface area contributed by atoms with Crippen LogP contribution in [0.2, 0.25) is 0 Å². The van der Waals surface area contributed by atoms with E-state index in [1.54, 1.807) is 0 Å². The lowest BCUT2D eigenvalue weighted by Crippen LogP contribution is -1.89. The van der Waals surface area contributed by atoms with Crippen LogP contribution in [0.4, 0.5) is 0 Å². The Morgan fingerprint density at radius 2 is 1.69 bits per heavy atom. The van der Waals surface area contributed by atoms with E-state index in [9.17, 15) is 4.89 Å². The average Bonchev–Trinajstić information content (AvgIpc) is 2.25. The highest BCUT2D eigenvalue weighted by atomic mass is 32.9. The molecule has 0 aromatic heterocycles. The molecule has 0 bridgehead atoms. The minimum Gasteiger partial charge on any atom is -0.337 e. The summed E-state index contributed by atoms with van der Waals surface area (Å²) in [5.74, 6) is 0.934. The third kappa shape index (κ3) is 11.4. The van der Waals surface area contributed by atoms with E-state index in [0.29, 0.717) is 6.61 Å². The first-order chi connectivity index (χ1) is 7.62. The highest BCUT2D eigenvalue weighted by Crippen LogP contribution is 2.56. The van der Waals surface area contributed by atoms with Crippen molar-refractivity contribution in [3.8, 4) is 0 Å². The van der Waals surface area contributed by atoms with E-state index < -0.39 is 5.69 Å². The van der Waals surface area contributed by atoms with Crippen LogP contribution in [0.5, 0.6) is 0 Å². The van der Waals surface area contributed by atoms with Crippen LogP contribution in [0.15, 0.2) is 0 Å². The molecule has 1 unspecified atom stereocenters. The lowest BCUT2D eigenvalue weighted by atomic mass is 10.1. The van der Waals surface area contributed by atoms with E-state index in [1.807, 2.05) is 6.92 Å². The van der Waals surface area contributed by atoms with Crippen molar-refractivity contribution in [3.05, 3.63) is 0 Å². The molecule has 16 heavy (non-hydrogen) atoms. The molecular weight excluding hydrogens is 259 g/mol. The summed E-state index contributed by atoms with van der Waals surface area (Å²) < 4.78 is 5.27. The van der Waals surface area contributed by atoms with Crippen molar-refractivity contribution in [1.82, 2.24) is 0 Å². The SMILES string of the molecule is CCCCCCCCSP(O)(=S)OCCC. The second-order valence-electron chi connectivity index (χ2n) is 3.90. The molecule has 0 saturated heterocycles. The van der Waals surface area contributed by atoms with E-state index in [1.165, 1.54) is 43.5 Å². The van der Waals surface area contributed by atoms with Gasteiger partial charge in [0.1, 0.15) is 0 Å². The first-order valence-electron chi connectivity index (χ1n) is 6.24. The second-order valence-corrected chi connectivity index (χ2v) is 10.2. The van der Waals surface area contributed by atoms with E-state index >= 15 is 0 Å². The number of rotatable bonds is 11. The summed E-state index contributed by atoms with van der Waals surface area (Å²) in [4.78, 5) is 9.75. The molecule has 0 spiro atoms. The van der Waals surface area contributed by atoms with Gasteiger partial charge in [0, 0.05) is 5.75 Å². The third-order valence-electron chi connectivity index (χ3n) is 2.21. The Morgan fingerprint density at radius 1 is 1.06 bits per heavy atom. The summed E-state index contributed by atoms with van der Waals surface area (Å²) in [6.07, 6.45) is 8.57. The van der Waals surface area contributed by atoms with Gasteiger partial charge in [-0.2, -0.15) is 0 Å². The lowest BCUT2D eigenvalue weighted by Gasteiger charge is -2.14. The Morgan fingerprint density at radius 3 is 2.31 bits per heavy atom. The van der Waals surface area contributed by atoms with Gasteiger partial charge in [-0.05, 0) is 24.6 Å². The molecule has 0 radical (unpaired) electrons. The molecule has 0 aliphatic carbocycles. The van der Waals surface area contributed by atoms with Crippen molar-refractivity contribution in [1.29, 1.82) is 0 Å². The minimum absolute atomic E-state index is 0.581. The number of unbranched alkanes of at least 4 members (excludes halogenated alkanes) is 5. The average molecular weight is 284 g/mol. The first-order valence-corrected chi connectivity index (χ1v) is 10.5. The molecule has 0 aliphatic rings. The molecule has 0 saturated carbocycles. The normalized spacial score (nSPS) is 14.9. The van der Waals surface area contributed by atoms with Gasteiger partial charge in [0.25, 0.3) is 0 Å². The molecule has 0 amide bonds. The maximum absolute atomic E-state index is 9.75. The van der Waals surface area contributed by atoms with E-state index in [2.05, 4.69) is 6.92 Å². The molecule has 5 heteroatoms. The standard InChI is InChI=1S/C11H25O2PS2/c1-3-5-6-7-8-9-11-16-14(12,15)13-10-4-2/h3-11H2,1-2H3,(H,12,15). The zero-order valence-corrected chi connectivity index (χ0v) is 13.0. The van der Waals surface area contributed by atoms with Crippen LogP contribution in [0.25, 0.3) is 0 Å². The van der Waals surface area contributed by atoms with Gasteiger partial charge in [-0.25, -0.2) is 0 Å². The van der Waals surface area contributed by atoms with Crippen LogP contribution in [-0.2, 0) is 16.3 Å². The zero-order chi connectivity index (χ0) is 12.3. The fourth-order valence-electron chi connectivity index (χ4n) is 1.31. The quantitative estimate of drug-likeness (QED) is 0.439. The largest absolute Gasteiger partial charge is 0.337 e. The number of hydrogen-bond donors (Lipinski definition) is 1. The molecule has 0 aromatic rings. The smallest absolute Gasteiger partial charge is 0.244 e. The number of hydrogen-bond acceptors (Lipinski definition) is 3. The van der Waals surface area contributed by atoms with Crippen LogP contribution in [0, 0.1) is 0 Å². The van der Waals surface area contributed by atoms with Crippen LogP contribution >= 0.6 is 17.1 Å². The van der Waals surface area contributed by atoms with Gasteiger partial charge in [0.05, 0.1) is 6.61 Å². The Labute approximate surface area is 109 Å². The van der Waals surface area contributed by atoms with Crippen molar-refractivity contribution in [2.24, 2.45) is 0 Å². The maximum atomic E-state index is 9.75. The van der Waals surface area contributed by atoms with Crippen molar-refractivity contribution in [2.75, 3.05) is 12.4 Å². The molecule has 0 rings (SSSR count). The van der Waals surface area contributed by atoms with E-state index in [-0.39, 0.29) is 0 Å². The van der Waals surface area contributed by atoms with Crippen LogP contribution in [-0.4, -0.2) is 17.3 Å². The van der Waals surface area contributed by atoms with Crippen LogP contribution in [0.1, 0.15) is 58.8 Å². The lowest BCUT2D eigenvalue weighted by molar-refractivity contribution is 0.320. The molecular formula is C11H25O2PS2. The highest BCUT2D eigenvalue weighted by molar-refractivity contribution is 8.67. The predicted octanol–water partition coefficient (Wildman–Crippen LogP) is 4.72. The van der Waals surface area contributed by atoms with Crippen LogP contribution < -0.4 is 0 Å².